The number of nitrogens with zero attached hydrogens (tertiary/aromatic N) is 2. The van der Waals surface area contributed by atoms with E-state index < -0.39 is 0 Å². The van der Waals surface area contributed by atoms with Gasteiger partial charge in [0.25, 0.3) is 5.91 Å². The van der Waals surface area contributed by atoms with Crippen LogP contribution in [0.4, 0.5) is 0 Å². The number of pyridine rings is 1. The zero-order chi connectivity index (χ0) is 13.8. The summed E-state index contributed by atoms with van der Waals surface area (Å²) in [5, 5.41) is 0. The van der Waals surface area contributed by atoms with Crippen LogP contribution in [0.3, 0.4) is 0 Å². The van der Waals surface area contributed by atoms with E-state index in [-0.39, 0.29) is 5.91 Å². The summed E-state index contributed by atoms with van der Waals surface area (Å²) in [6.07, 6.45) is 0. The fourth-order valence-corrected chi connectivity index (χ4v) is 2.27. The lowest BCUT2D eigenvalue weighted by Gasteiger charge is -2.17. The minimum absolute atomic E-state index is 0.0933. The first-order chi connectivity index (χ1) is 9.06. The molecular formula is C14H12Br2N2O. The van der Waals surface area contributed by atoms with Crippen molar-refractivity contribution in [2.24, 2.45) is 0 Å². The molecule has 0 saturated carbocycles. The predicted molar refractivity (Wildman–Crippen MR) is 81.9 cm³/mol. The molecule has 98 valence electrons. The molecule has 0 fully saturated rings. The Morgan fingerprint density at radius 2 is 1.84 bits per heavy atom. The average Bonchev–Trinajstić information content (AvgIpc) is 2.40. The first-order valence-corrected chi connectivity index (χ1v) is 7.27. The highest BCUT2D eigenvalue weighted by molar-refractivity contribution is 9.10. The summed E-state index contributed by atoms with van der Waals surface area (Å²) < 4.78 is 1.69. The quantitative estimate of drug-likeness (QED) is 0.753. The van der Waals surface area contributed by atoms with Gasteiger partial charge in [-0.2, -0.15) is 0 Å². The van der Waals surface area contributed by atoms with Crippen molar-refractivity contribution in [2.75, 3.05) is 7.05 Å². The van der Waals surface area contributed by atoms with Gasteiger partial charge in [-0.05, 0) is 45.8 Å². The average molecular weight is 384 g/mol. The highest BCUT2D eigenvalue weighted by Gasteiger charge is 2.13. The van der Waals surface area contributed by atoms with E-state index in [0.29, 0.717) is 16.8 Å². The summed E-state index contributed by atoms with van der Waals surface area (Å²) in [5.41, 5.74) is 1.52. The lowest BCUT2D eigenvalue weighted by Crippen LogP contribution is -2.27. The third-order valence-electron chi connectivity index (χ3n) is 2.61. The predicted octanol–water partition coefficient (Wildman–Crippen LogP) is 3.88. The second-order valence-electron chi connectivity index (χ2n) is 4.13. The van der Waals surface area contributed by atoms with E-state index in [4.69, 9.17) is 0 Å². The van der Waals surface area contributed by atoms with Crippen LogP contribution in [0.15, 0.2) is 51.5 Å². The van der Waals surface area contributed by atoms with E-state index in [0.717, 1.165) is 10.0 Å². The van der Waals surface area contributed by atoms with Crippen molar-refractivity contribution in [1.82, 2.24) is 9.88 Å². The molecule has 0 aliphatic carbocycles. The van der Waals surface area contributed by atoms with Crippen molar-refractivity contribution >= 4 is 37.8 Å². The van der Waals surface area contributed by atoms with Gasteiger partial charge in [0.1, 0.15) is 10.3 Å². The zero-order valence-electron chi connectivity index (χ0n) is 10.3. The Hall–Kier alpha value is -1.20. The molecule has 1 aromatic heterocycles. The van der Waals surface area contributed by atoms with Crippen molar-refractivity contribution in [3.63, 3.8) is 0 Å². The van der Waals surface area contributed by atoms with Gasteiger partial charge in [-0.25, -0.2) is 4.98 Å². The van der Waals surface area contributed by atoms with Crippen molar-refractivity contribution in [2.45, 2.75) is 6.54 Å². The molecule has 2 aromatic rings. The van der Waals surface area contributed by atoms with Gasteiger partial charge in [0.2, 0.25) is 0 Å². The number of aromatic nitrogens is 1. The summed E-state index contributed by atoms with van der Waals surface area (Å²) in [4.78, 5) is 18.0. The molecule has 0 saturated heterocycles. The van der Waals surface area contributed by atoms with Gasteiger partial charge >= 0.3 is 0 Å². The largest absolute Gasteiger partial charge is 0.336 e. The molecule has 2 rings (SSSR count). The molecule has 0 aliphatic rings. The summed E-state index contributed by atoms with van der Waals surface area (Å²) in [6, 6.07) is 13.2. The number of benzene rings is 1. The Kier molecular flexibility index (Phi) is 4.71. The summed E-state index contributed by atoms with van der Waals surface area (Å²) in [7, 11) is 1.77. The zero-order valence-corrected chi connectivity index (χ0v) is 13.5. The Balaban J connectivity index is 2.09. The number of rotatable bonds is 3. The SMILES string of the molecule is CN(Cc1ccc(Br)cc1)C(=O)c1cccc(Br)n1. The molecular weight excluding hydrogens is 372 g/mol. The number of hydrogen-bond donors (Lipinski definition) is 0. The van der Waals surface area contributed by atoms with Crippen LogP contribution < -0.4 is 0 Å². The Morgan fingerprint density at radius 3 is 2.47 bits per heavy atom. The maximum Gasteiger partial charge on any atom is 0.272 e. The van der Waals surface area contributed by atoms with Crippen molar-refractivity contribution in [3.05, 3.63) is 62.8 Å². The summed E-state index contributed by atoms with van der Waals surface area (Å²) in [5.74, 6) is -0.0933. The van der Waals surface area contributed by atoms with E-state index in [1.54, 1.807) is 30.1 Å². The van der Waals surface area contributed by atoms with E-state index in [1.165, 1.54) is 0 Å². The highest BCUT2D eigenvalue weighted by Crippen LogP contribution is 2.13. The Morgan fingerprint density at radius 1 is 1.16 bits per heavy atom. The number of carbonyl (C=O) groups is 1. The molecule has 1 amide bonds. The fourth-order valence-electron chi connectivity index (χ4n) is 1.66. The molecule has 0 atom stereocenters. The second-order valence-corrected chi connectivity index (χ2v) is 5.86. The normalized spacial score (nSPS) is 10.3. The van der Waals surface area contributed by atoms with E-state index in [2.05, 4.69) is 36.8 Å². The summed E-state index contributed by atoms with van der Waals surface area (Å²) >= 11 is 6.66. The monoisotopic (exact) mass is 382 g/mol. The number of amides is 1. The van der Waals surface area contributed by atoms with Gasteiger partial charge in [0, 0.05) is 18.1 Å². The van der Waals surface area contributed by atoms with Crippen LogP contribution in [0.2, 0.25) is 0 Å². The van der Waals surface area contributed by atoms with Crippen LogP contribution >= 0.6 is 31.9 Å². The maximum absolute atomic E-state index is 12.2. The van der Waals surface area contributed by atoms with Crippen molar-refractivity contribution in [1.29, 1.82) is 0 Å². The van der Waals surface area contributed by atoms with Gasteiger partial charge in [-0.1, -0.05) is 34.1 Å². The lowest BCUT2D eigenvalue weighted by atomic mass is 10.2. The maximum atomic E-state index is 12.2. The molecule has 0 radical (unpaired) electrons. The van der Waals surface area contributed by atoms with E-state index in [1.807, 2.05) is 24.3 Å². The molecule has 0 unspecified atom stereocenters. The first kappa shape index (κ1) is 14.2. The van der Waals surface area contributed by atoms with E-state index in [9.17, 15) is 4.79 Å². The van der Waals surface area contributed by atoms with Gasteiger partial charge in [0.15, 0.2) is 0 Å². The number of carbonyl (C=O) groups excluding carboxylic acids is 1. The molecule has 0 spiro atoms. The van der Waals surface area contributed by atoms with Crippen LogP contribution in [0.5, 0.6) is 0 Å². The topological polar surface area (TPSA) is 33.2 Å². The highest BCUT2D eigenvalue weighted by atomic mass is 79.9. The minimum atomic E-state index is -0.0933. The van der Waals surface area contributed by atoms with Gasteiger partial charge in [-0.15, -0.1) is 0 Å². The fraction of sp³-hybridized carbons (Fsp3) is 0.143. The third-order valence-corrected chi connectivity index (χ3v) is 3.58. The molecule has 1 aromatic carbocycles. The Bertz CT molecular complexity index is 584. The molecule has 5 heteroatoms. The number of hydrogen-bond acceptors (Lipinski definition) is 2. The van der Waals surface area contributed by atoms with Gasteiger partial charge < -0.3 is 4.90 Å². The lowest BCUT2D eigenvalue weighted by molar-refractivity contribution is 0.0779. The minimum Gasteiger partial charge on any atom is -0.336 e. The molecule has 19 heavy (non-hydrogen) atoms. The molecule has 0 N–H and O–H groups in total. The first-order valence-electron chi connectivity index (χ1n) is 5.69. The van der Waals surface area contributed by atoms with Crippen LogP contribution in [-0.4, -0.2) is 22.8 Å². The van der Waals surface area contributed by atoms with Crippen molar-refractivity contribution in [3.8, 4) is 0 Å². The van der Waals surface area contributed by atoms with Gasteiger partial charge in [-0.3, -0.25) is 4.79 Å². The smallest absolute Gasteiger partial charge is 0.272 e. The van der Waals surface area contributed by atoms with Crippen LogP contribution in [0.25, 0.3) is 0 Å². The summed E-state index contributed by atoms with van der Waals surface area (Å²) in [6.45, 7) is 0.556. The molecule has 1 heterocycles. The van der Waals surface area contributed by atoms with E-state index >= 15 is 0 Å². The van der Waals surface area contributed by atoms with Gasteiger partial charge in [0.05, 0.1) is 0 Å². The standard InChI is InChI=1S/C14H12Br2N2O/c1-18(9-10-5-7-11(15)8-6-10)14(19)12-3-2-4-13(16)17-12/h2-8H,9H2,1H3. The van der Waals surface area contributed by atoms with Crippen LogP contribution in [0, 0.1) is 0 Å². The number of halogens is 2. The molecule has 0 aliphatic heterocycles. The van der Waals surface area contributed by atoms with Crippen molar-refractivity contribution < 1.29 is 4.79 Å². The van der Waals surface area contributed by atoms with Crippen LogP contribution in [0.1, 0.15) is 16.1 Å². The molecule has 3 nitrogen and oxygen atoms in total. The second kappa shape index (κ2) is 6.30. The Labute approximate surface area is 128 Å². The van der Waals surface area contributed by atoms with Crippen LogP contribution in [-0.2, 0) is 6.54 Å². The third kappa shape index (κ3) is 3.88. The molecule has 0 bridgehead atoms.